The van der Waals surface area contributed by atoms with Crippen LogP contribution in [0.25, 0.3) is 0 Å². The number of allylic oxidation sites excluding steroid dienone is 2. The zero-order valence-corrected chi connectivity index (χ0v) is 15.2. The fourth-order valence-corrected chi connectivity index (χ4v) is 3.93. The zero-order valence-electron chi connectivity index (χ0n) is 13.6. The maximum atomic E-state index is 5.07. The van der Waals surface area contributed by atoms with Gasteiger partial charge < -0.3 is 0 Å². The van der Waals surface area contributed by atoms with E-state index in [1.54, 1.807) is 0 Å². The second kappa shape index (κ2) is 7.48. The Balaban J connectivity index is 1.75. The van der Waals surface area contributed by atoms with E-state index in [9.17, 15) is 0 Å². The van der Waals surface area contributed by atoms with E-state index >= 15 is 0 Å². The van der Waals surface area contributed by atoms with E-state index in [-0.39, 0.29) is 5.41 Å². The summed E-state index contributed by atoms with van der Waals surface area (Å²) in [5.74, 6) is 0. The van der Waals surface area contributed by atoms with E-state index in [2.05, 4.69) is 63.9 Å². The van der Waals surface area contributed by atoms with Crippen molar-refractivity contribution in [2.24, 2.45) is 10.5 Å². The second-order valence-corrected chi connectivity index (χ2v) is 7.15. The number of benzene rings is 1. The Bertz CT molecular complexity index is 593. The molecule has 0 bridgehead atoms. The van der Waals surface area contributed by atoms with Crippen molar-refractivity contribution >= 4 is 21.6 Å². The first-order valence-electron chi connectivity index (χ1n) is 8.55. The van der Waals surface area contributed by atoms with Gasteiger partial charge in [-0.3, -0.25) is 5.01 Å². The standard InChI is InChI=1S/C20H25BrN2/c1-2-3-12-20(14-8-15-21)13-7-11-19(20)22-23-16-18(23)17-9-5-4-6-10-17/h2,4-6,8-10,15,18H,1,3,7,11-14,16H2/b15-8+,22-19+. The lowest BCUT2D eigenvalue weighted by Crippen LogP contribution is -2.26. The SMILES string of the molecule is C=CCCC1(C/C=C/Br)CCC/C1=N\N1CC1c1ccccc1. The Morgan fingerprint density at radius 1 is 1.35 bits per heavy atom. The predicted molar refractivity (Wildman–Crippen MR) is 102 cm³/mol. The van der Waals surface area contributed by atoms with Gasteiger partial charge in [-0.1, -0.05) is 58.4 Å². The fraction of sp³-hybridized carbons (Fsp3) is 0.450. The van der Waals surface area contributed by atoms with Crippen LogP contribution in [0.4, 0.5) is 0 Å². The van der Waals surface area contributed by atoms with Crippen molar-refractivity contribution in [1.82, 2.24) is 5.01 Å². The third kappa shape index (κ3) is 3.77. The van der Waals surface area contributed by atoms with Crippen LogP contribution in [0.3, 0.4) is 0 Å². The second-order valence-electron chi connectivity index (χ2n) is 6.62. The van der Waals surface area contributed by atoms with E-state index in [1.807, 2.05) is 11.1 Å². The highest BCUT2D eigenvalue weighted by Gasteiger charge is 2.41. The summed E-state index contributed by atoms with van der Waals surface area (Å²) in [6.45, 7) is 4.96. The first-order valence-corrected chi connectivity index (χ1v) is 9.46. The summed E-state index contributed by atoms with van der Waals surface area (Å²) in [6, 6.07) is 11.2. The van der Waals surface area contributed by atoms with Crippen molar-refractivity contribution in [3.8, 4) is 0 Å². The molecule has 2 unspecified atom stereocenters. The minimum Gasteiger partial charge on any atom is -0.285 e. The Labute approximate surface area is 148 Å². The number of hydrazone groups is 1. The molecule has 0 aromatic heterocycles. The van der Waals surface area contributed by atoms with Crippen molar-refractivity contribution in [3.05, 3.63) is 59.6 Å². The molecule has 3 rings (SSSR count). The Kier molecular flexibility index (Phi) is 5.37. The molecule has 0 N–H and O–H groups in total. The van der Waals surface area contributed by atoms with E-state index in [0.717, 1.165) is 32.2 Å². The fourth-order valence-electron chi connectivity index (χ4n) is 3.75. The van der Waals surface area contributed by atoms with Gasteiger partial charge in [0.15, 0.2) is 0 Å². The molecule has 1 aromatic carbocycles. The largest absolute Gasteiger partial charge is 0.285 e. The molecule has 1 aromatic rings. The molecular formula is C20H25BrN2. The Morgan fingerprint density at radius 2 is 2.17 bits per heavy atom. The number of halogens is 1. The summed E-state index contributed by atoms with van der Waals surface area (Å²) in [5.41, 5.74) is 3.03. The molecule has 0 amide bonds. The maximum Gasteiger partial charge on any atom is 0.0912 e. The molecule has 122 valence electrons. The van der Waals surface area contributed by atoms with Gasteiger partial charge in [0, 0.05) is 11.1 Å². The number of rotatable bonds is 7. The van der Waals surface area contributed by atoms with E-state index < -0.39 is 0 Å². The maximum absolute atomic E-state index is 5.07. The molecule has 0 radical (unpaired) electrons. The number of nitrogens with zero attached hydrogens (tertiary/aromatic N) is 2. The third-order valence-electron chi connectivity index (χ3n) is 5.13. The zero-order chi connectivity index (χ0) is 16.1. The molecule has 2 fully saturated rings. The van der Waals surface area contributed by atoms with Gasteiger partial charge >= 0.3 is 0 Å². The third-order valence-corrected chi connectivity index (χ3v) is 5.50. The Morgan fingerprint density at radius 3 is 2.91 bits per heavy atom. The molecule has 1 saturated heterocycles. The van der Waals surface area contributed by atoms with Gasteiger partial charge in [-0.15, -0.1) is 6.58 Å². The average molecular weight is 373 g/mol. The highest BCUT2D eigenvalue weighted by molar-refractivity contribution is 9.11. The van der Waals surface area contributed by atoms with Crippen LogP contribution in [0.2, 0.25) is 0 Å². The van der Waals surface area contributed by atoms with Crippen LogP contribution in [-0.2, 0) is 0 Å². The lowest BCUT2D eigenvalue weighted by atomic mass is 9.77. The molecule has 0 spiro atoms. The van der Waals surface area contributed by atoms with Crippen LogP contribution < -0.4 is 0 Å². The van der Waals surface area contributed by atoms with Crippen molar-refractivity contribution in [2.45, 2.75) is 44.6 Å². The minimum absolute atomic E-state index is 0.238. The molecule has 23 heavy (non-hydrogen) atoms. The van der Waals surface area contributed by atoms with E-state index in [4.69, 9.17) is 5.10 Å². The monoisotopic (exact) mass is 372 g/mol. The van der Waals surface area contributed by atoms with Gasteiger partial charge in [0.05, 0.1) is 12.6 Å². The summed E-state index contributed by atoms with van der Waals surface area (Å²) >= 11 is 3.42. The highest BCUT2D eigenvalue weighted by atomic mass is 79.9. The summed E-state index contributed by atoms with van der Waals surface area (Å²) in [7, 11) is 0. The van der Waals surface area contributed by atoms with Crippen molar-refractivity contribution in [3.63, 3.8) is 0 Å². The van der Waals surface area contributed by atoms with Crippen molar-refractivity contribution in [2.75, 3.05) is 6.54 Å². The molecule has 1 aliphatic carbocycles. The van der Waals surface area contributed by atoms with Crippen LogP contribution in [0.5, 0.6) is 0 Å². The van der Waals surface area contributed by atoms with Crippen LogP contribution in [0.15, 0.2) is 59.1 Å². The average Bonchev–Trinajstić information content (AvgIpc) is 3.25. The summed E-state index contributed by atoms with van der Waals surface area (Å²) < 4.78 is 0. The first kappa shape index (κ1) is 16.5. The van der Waals surface area contributed by atoms with Gasteiger partial charge in [-0.2, -0.15) is 5.10 Å². The topological polar surface area (TPSA) is 15.4 Å². The van der Waals surface area contributed by atoms with Gasteiger partial charge in [0.1, 0.15) is 0 Å². The number of hydrogen-bond donors (Lipinski definition) is 0. The normalized spacial score (nSPS) is 28.7. The molecule has 1 heterocycles. The molecule has 1 aliphatic heterocycles. The number of hydrogen-bond acceptors (Lipinski definition) is 2. The smallest absolute Gasteiger partial charge is 0.0912 e. The summed E-state index contributed by atoms with van der Waals surface area (Å²) in [4.78, 5) is 1.99. The summed E-state index contributed by atoms with van der Waals surface area (Å²) in [6.07, 6.45) is 11.2. The molecule has 3 heteroatoms. The van der Waals surface area contributed by atoms with Gasteiger partial charge in [-0.25, -0.2) is 0 Å². The van der Waals surface area contributed by atoms with Gasteiger partial charge in [-0.05, 0) is 49.1 Å². The highest BCUT2D eigenvalue weighted by Crippen LogP contribution is 2.45. The van der Waals surface area contributed by atoms with E-state index in [0.29, 0.717) is 6.04 Å². The van der Waals surface area contributed by atoms with E-state index in [1.165, 1.54) is 24.1 Å². The van der Waals surface area contributed by atoms with Gasteiger partial charge in [0.2, 0.25) is 0 Å². The quantitative estimate of drug-likeness (QED) is 0.433. The van der Waals surface area contributed by atoms with Crippen molar-refractivity contribution in [1.29, 1.82) is 0 Å². The lowest BCUT2D eigenvalue weighted by Gasteiger charge is -2.28. The predicted octanol–water partition coefficient (Wildman–Crippen LogP) is 5.83. The van der Waals surface area contributed by atoms with Crippen LogP contribution in [-0.4, -0.2) is 17.3 Å². The van der Waals surface area contributed by atoms with Crippen molar-refractivity contribution < 1.29 is 0 Å². The minimum atomic E-state index is 0.238. The van der Waals surface area contributed by atoms with Crippen LogP contribution in [0, 0.1) is 5.41 Å². The van der Waals surface area contributed by atoms with Crippen LogP contribution in [0.1, 0.15) is 50.1 Å². The molecular weight excluding hydrogens is 348 g/mol. The molecule has 2 nitrogen and oxygen atoms in total. The van der Waals surface area contributed by atoms with Gasteiger partial charge in [0.25, 0.3) is 0 Å². The molecule has 2 aliphatic rings. The molecule has 1 saturated carbocycles. The van der Waals surface area contributed by atoms with Crippen LogP contribution >= 0.6 is 15.9 Å². The molecule has 2 atom stereocenters. The Hall–Kier alpha value is -1.35. The first-order chi connectivity index (χ1) is 11.3. The lowest BCUT2D eigenvalue weighted by molar-refractivity contribution is 0.380. The summed E-state index contributed by atoms with van der Waals surface area (Å²) in [5, 5.41) is 7.33.